The summed E-state index contributed by atoms with van der Waals surface area (Å²) in [6.45, 7) is 7.25. The second kappa shape index (κ2) is 12.4. The molecule has 0 radical (unpaired) electrons. The van der Waals surface area contributed by atoms with Gasteiger partial charge < -0.3 is 9.30 Å². The van der Waals surface area contributed by atoms with Gasteiger partial charge in [0, 0.05) is 30.3 Å². The van der Waals surface area contributed by atoms with E-state index in [-0.39, 0.29) is 17.7 Å². The predicted molar refractivity (Wildman–Crippen MR) is 143 cm³/mol. The highest BCUT2D eigenvalue weighted by Gasteiger charge is 2.23. The fraction of sp³-hybridized carbons (Fsp3) is 0.333. The zero-order chi connectivity index (χ0) is 26.2. The molecule has 2 aromatic heterocycles. The number of ether oxygens (including phenoxy) is 1. The summed E-state index contributed by atoms with van der Waals surface area (Å²) in [6, 6.07) is 18.4. The zero-order valence-corrected chi connectivity index (χ0v) is 21.6. The van der Waals surface area contributed by atoms with Crippen LogP contribution in [0.2, 0.25) is 0 Å². The van der Waals surface area contributed by atoms with Crippen LogP contribution in [0.5, 0.6) is 0 Å². The van der Waals surface area contributed by atoms with Gasteiger partial charge in [-0.25, -0.2) is 19.3 Å². The molecule has 0 aliphatic carbocycles. The van der Waals surface area contributed by atoms with Gasteiger partial charge in [0.15, 0.2) is 0 Å². The largest absolute Gasteiger partial charge is 0.466 e. The van der Waals surface area contributed by atoms with Crippen molar-refractivity contribution < 1.29 is 13.9 Å². The smallest absolute Gasteiger partial charge is 0.306 e. The third-order valence-corrected chi connectivity index (χ3v) is 6.41. The lowest BCUT2D eigenvalue weighted by atomic mass is 9.92. The average molecular weight is 501 g/mol. The molecule has 192 valence electrons. The van der Waals surface area contributed by atoms with Crippen LogP contribution in [0, 0.1) is 17.7 Å². The Balaban J connectivity index is 1.71. The summed E-state index contributed by atoms with van der Waals surface area (Å²) in [6.07, 6.45) is 5.44. The fourth-order valence-corrected chi connectivity index (χ4v) is 4.73. The Morgan fingerprint density at radius 2 is 1.76 bits per heavy atom. The van der Waals surface area contributed by atoms with Crippen molar-refractivity contribution >= 4 is 5.97 Å². The standard InChI is InChI=1S/C30H33FN4O2/c1-4-37-27(36)19-22(3)18-21(2)15-17-35-29(23-10-12-25(31)13-11-23)28(26-14-16-32-20-33-26)34-30(35)24-8-6-5-7-9-24/h5-14,16,20-22H,4,15,17-19H2,1-3H3. The summed E-state index contributed by atoms with van der Waals surface area (Å²) in [4.78, 5) is 25.5. The van der Waals surface area contributed by atoms with Crippen LogP contribution in [0.4, 0.5) is 4.39 Å². The molecule has 2 heterocycles. The number of hydrogen-bond donors (Lipinski definition) is 0. The van der Waals surface area contributed by atoms with Gasteiger partial charge in [-0.3, -0.25) is 4.79 Å². The van der Waals surface area contributed by atoms with Crippen LogP contribution < -0.4 is 0 Å². The molecule has 4 rings (SSSR count). The monoisotopic (exact) mass is 500 g/mol. The number of carbonyl (C=O) groups is 1. The lowest BCUT2D eigenvalue weighted by molar-refractivity contribution is -0.144. The van der Waals surface area contributed by atoms with Gasteiger partial charge in [0.25, 0.3) is 0 Å². The minimum Gasteiger partial charge on any atom is -0.466 e. The molecule has 2 aromatic carbocycles. The molecule has 2 unspecified atom stereocenters. The maximum absolute atomic E-state index is 13.8. The molecular formula is C30H33FN4O2. The number of rotatable bonds is 11. The van der Waals surface area contributed by atoms with Crippen molar-refractivity contribution in [2.45, 2.75) is 46.6 Å². The summed E-state index contributed by atoms with van der Waals surface area (Å²) < 4.78 is 21.2. The van der Waals surface area contributed by atoms with Crippen LogP contribution >= 0.6 is 0 Å². The number of imidazole rings is 1. The van der Waals surface area contributed by atoms with E-state index in [4.69, 9.17) is 9.72 Å². The number of nitrogens with zero attached hydrogens (tertiary/aromatic N) is 4. The van der Waals surface area contributed by atoms with Crippen molar-refractivity contribution in [3.63, 3.8) is 0 Å². The Hall–Kier alpha value is -3.87. The van der Waals surface area contributed by atoms with Gasteiger partial charge in [0.2, 0.25) is 0 Å². The van der Waals surface area contributed by atoms with Crippen molar-refractivity contribution in [2.75, 3.05) is 6.61 Å². The summed E-state index contributed by atoms with van der Waals surface area (Å²) in [5, 5.41) is 0. The van der Waals surface area contributed by atoms with Gasteiger partial charge >= 0.3 is 5.97 Å². The zero-order valence-electron chi connectivity index (χ0n) is 21.6. The normalized spacial score (nSPS) is 12.8. The van der Waals surface area contributed by atoms with Gasteiger partial charge in [-0.15, -0.1) is 0 Å². The molecule has 0 amide bonds. The lowest BCUT2D eigenvalue weighted by Crippen LogP contribution is -2.13. The fourth-order valence-electron chi connectivity index (χ4n) is 4.73. The van der Waals surface area contributed by atoms with E-state index in [1.807, 2.05) is 43.3 Å². The van der Waals surface area contributed by atoms with Gasteiger partial charge in [-0.2, -0.15) is 0 Å². The second-order valence-electron chi connectivity index (χ2n) is 9.50. The maximum atomic E-state index is 13.8. The molecule has 0 saturated carbocycles. The van der Waals surface area contributed by atoms with E-state index in [2.05, 4.69) is 28.4 Å². The van der Waals surface area contributed by atoms with Gasteiger partial charge in [0.05, 0.1) is 18.0 Å². The maximum Gasteiger partial charge on any atom is 0.306 e. The van der Waals surface area contributed by atoms with E-state index in [1.165, 1.54) is 18.5 Å². The molecule has 0 aliphatic heterocycles. The molecule has 6 nitrogen and oxygen atoms in total. The van der Waals surface area contributed by atoms with Crippen LogP contribution in [-0.2, 0) is 16.1 Å². The Morgan fingerprint density at radius 1 is 1.00 bits per heavy atom. The Labute approximate surface area is 217 Å². The van der Waals surface area contributed by atoms with Crippen LogP contribution in [-0.4, -0.2) is 32.1 Å². The molecular weight excluding hydrogens is 467 g/mol. The van der Waals surface area contributed by atoms with E-state index in [0.717, 1.165) is 41.2 Å². The molecule has 7 heteroatoms. The molecule has 37 heavy (non-hydrogen) atoms. The number of carbonyl (C=O) groups excluding carboxylic acids is 1. The number of hydrogen-bond acceptors (Lipinski definition) is 5. The first-order valence-corrected chi connectivity index (χ1v) is 12.8. The van der Waals surface area contributed by atoms with Crippen LogP contribution in [0.25, 0.3) is 34.0 Å². The van der Waals surface area contributed by atoms with Crippen molar-refractivity contribution in [2.24, 2.45) is 11.8 Å². The van der Waals surface area contributed by atoms with Gasteiger partial charge in [-0.05, 0) is 61.9 Å². The van der Waals surface area contributed by atoms with Crippen molar-refractivity contribution in [3.05, 3.63) is 79.0 Å². The summed E-state index contributed by atoms with van der Waals surface area (Å²) in [5.41, 5.74) is 4.20. The summed E-state index contributed by atoms with van der Waals surface area (Å²) >= 11 is 0. The second-order valence-corrected chi connectivity index (χ2v) is 9.50. The first kappa shape index (κ1) is 26.2. The molecule has 0 saturated heterocycles. The highest BCUT2D eigenvalue weighted by atomic mass is 19.1. The Morgan fingerprint density at radius 3 is 2.43 bits per heavy atom. The van der Waals surface area contributed by atoms with Gasteiger partial charge in [0.1, 0.15) is 23.7 Å². The highest BCUT2D eigenvalue weighted by Crippen LogP contribution is 2.36. The summed E-state index contributed by atoms with van der Waals surface area (Å²) in [7, 11) is 0. The molecule has 0 bridgehead atoms. The summed E-state index contributed by atoms with van der Waals surface area (Å²) in [5.74, 6) is 1.01. The SMILES string of the molecule is CCOC(=O)CC(C)CC(C)CCn1c(-c2ccccc2)nc(-c2ccncn2)c1-c1ccc(F)cc1. The average Bonchev–Trinajstić information content (AvgIpc) is 3.28. The van der Waals surface area contributed by atoms with Crippen molar-refractivity contribution in [1.82, 2.24) is 19.5 Å². The lowest BCUT2D eigenvalue weighted by Gasteiger charge is -2.19. The molecule has 0 N–H and O–H groups in total. The van der Waals surface area contributed by atoms with E-state index >= 15 is 0 Å². The minimum atomic E-state index is -0.286. The number of benzene rings is 2. The van der Waals surface area contributed by atoms with Crippen molar-refractivity contribution in [1.29, 1.82) is 0 Å². The molecule has 2 atom stereocenters. The highest BCUT2D eigenvalue weighted by molar-refractivity contribution is 5.80. The number of esters is 1. The van der Waals surface area contributed by atoms with E-state index < -0.39 is 0 Å². The third-order valence-electron chi connectivity index (χ3n) is 6.41. The number of aromatic nitrogens is 4. The van der Waals surface area contributed by atoms with Crippen molar-refractivity contribution in [3.8, 4) is 34.0 Å². The molecule has 0 spiro atoms. The number of halogens is 1. The van der Waals surface area contributed by atoms with Crippen LogP contribution in [0.15, 0.2) is 73.2 Å². The first-order valence-electron chi connectivity index (χ1n) is 12.8. The van der Waals surface area contributed by atoms with E-state index in [0.29, 0.717) is 31.2 Å². The first-order chi connectivity index (χ1) is 18.0. The van der Waals surface area contributed by atoms with Gasteiger partial charge in [-0.1, -0.05) is 44.2 Å². The molecule has 0 aliphatic rings. The van der Waals surface area contributed by atoms with Crippen LogP contribution in [0.3, 0.4) is 0 Å². The molecule has 4 aromatic rings. The minimum absolute atomic E-state index is 0.142. The quantitative estimate of drug-likeness (QED) is 0.211. The third kappa shape index (κ3) is 6.67. The Kier molecular flexibility index (Phi) is 8.77. The van der Waals surface area contributed by atoms with Crippen LogP contribution in [0.1, 0.15) is 40.0 Å². The topological polar surface area (TPSA) is 69.9 Å². The van der Waals surface area contributed by atoms with E-state index in [9.17, 15) is 9.18 Å². The molecule has 0 fully saturated rings. The predicted octanol–water partition coefficient (Wildman–Crippen LogP) is 6.82. The Bertz CT molecular complexity index is 1290. The van der Waals surface area contributed by atoms with E-state index in [1.54, 1.807) is 18.3 Å².